The summed E-state index contributed by atoms with van der Waals surface area (Å²) in [6.45, 7) is -0.610. The molecule has 0 radical (unpaired) electrons. The van der Waals surface area contributed by atoms with Gasteiger partial charge in [0.25, 0.3) is 11.6 Å². The van der Waals surface area contributed by atoms with Gasteiger partial charge in [-0.15, -0.1) is 0 Å². The van der Waals surface area contributed by atoms with Crippen LogP contribution in [0.4, 0.5) is 11.4 Å². The van der Waals surface area contributed by atoms with Gasteiger partial charge in [0, 0.05) is 17.8 Å². The summed E-state index contributed by atoms with van der Waals surface area (Å²) in [6.07, 6.45) is 0. The molecule has 0 aliphatic carbocycles. The molecule has 2 aromatic carbocycles. The summed E-state index contributed by atoms with van der Waals surface area (Å²) in [5, 5.41) is 13.5. The molecule has 2 aromatic rings. The number of nitrogens with zero attached hydrogens (tertiary/aromatic N) is 1. The van der Waals surface area contributed by atoms with Crippen LogP contribution in [-0.2, 0) is 9.53 Å². The zero-order chi connectivity index (χ0) is 19.3. The van der Waals surface area contributed by atoms with E-state index in [-0.39, 0.29) is 16.3 Å². The van der Waals surface area contributed by atoms with E-state index < -0.39 is 23.4 Å². The lowest BCUT2D eigenvalue weighted by atomic mass is 10.2. The molecule has 10 heteroatoms. The highest BCUT2D eigenvalue weighted by molar-refractivity contribution is 6.33. The van der Waals surface area contributed by atoms with Crippen LogP contribution in [0.25, 0.3) is 0 Å². The van der Waals surface area contributed by atoms with Crippen molar-refractivity contribution in [3.63, 3.8) is 0 Å². The van der Waals surface area contributed by atoms with Gasteiger partial charge in [0.15, 0.2) is 6.61 Å². The zero-order valence-corrected chi connectivity index (χ0v) is 14.8. The molecule has 0 fully saturated rings. The lowest BCUT2D eigenvalue weighted by Gasteiger charge is -2.09. The molecule has 0 aliphatic rings. The maximum absolute atomic E-state index is 12.0. The van der Waals surface area contributed by atoms with Crippen molar-refractivity contribution in [1.29, 1.82) is 0 Å². The summed E-state index contributed by atoms with van der Waals surface area (Å²) >= 11 is 11.8. The van der Waals surface area contributed by atoms with Gasteiger partial charge in [-0.05, 0) is 24.3 Å². The number of benzene rings is 2. The van der Waals surface area contributed by atoms with Crippen LogP contribution in [0.5, 0.6) is 5.75 Å². The number of hydrogen-bond donors (Lipinski definition) is 1. The van der Waals surface area contributed by atoms with Gasteiger partial charge in [-0.1, -0.05) is 23.2 Å². The van der Waals surface area contributed by atoms with E-state index in [4.69, 9.17) is 32.7 Å². The van der Waals surface area contributed by atoms with Crippen molar-refractivity contribution in [3.8, 4) is 5.75 Å². The van der Waals surface area contributed by atoms with Gasteiger partial charge < -0.3 is 14.8 Å². The third kappa shape index (κ3) is 4.84. The first kappa shape index (κ1) is 19.5. The Kier molecular flexibility index (Phi) is 6.37. The number of carbonyl (C=O) groups is 2. The first-order valence-electron chi connectivity index (χ1n) is 7.06. The second-order valence-electron chi connectivity index (χ2n) is 4.89. The molecule has 0 aromatic heterocycles. The van der Waals surface area contributed by atoms with E-state index in [9.17, 15) is 19.7 Å². The van der Waals surface area contributed by atoms with Crippen LogP contribution >= 0.6 is 23.2 Å². The number of rotatable bonds is 6. The SMILES string of the molecule is COc1ccc(NC(=O)COC(=O)c2cc([N+](=O)[O-])ccc2Cl)cc1Cl. The number of carbonyl (C=O) groups excluding carboxylic acids is 2. The van der Waals surface area contributed by atoms with E-state index in [0.717, 1.165) is 12.1 Å². The Bertz CT molecular complexity index is 872. The Hall–Kier alpha value is -2.84. The van der Waals surface area contributed by atoms with Gasteiger partial charge in [0.1, 0.15) is 5.75 Å². The summed E-state index contributed by atoms with van der Waals surface area (Å²) in [4.78, 5) is 33.9. The average Bonchev–Trinajstić information content (AvgIpc) is 2.60. The van der Waals surface area contributed by atoms with Crippen molar-refractivity contribution < 1.29 is 24.0 Å². The van der Waals surface area contributed by atoms with Gasteiger partial charge in [0.2, 0.25) is 0 Å². The maximum Gasteiger partial charge on any atom is 0.340 e. The highest BCUT2D eigenvalue weighted by Crippen LogP contribution is 2.27. The molecular weight excluding hydrogens is 387 g/mol. The average molecular weight is 399 g/mol. The van der Waals surface area contributed by atoms with Gasteiger partial charge in [-0.3, -0.25) is 14.9 Å². The molecule has 0 saturated carbocycles. The van der Waals surface area contributed by atoms with E-state index in [2.05, 4.69) is 5.32 Å². The van der Waals surface area contributed by atoms with E-state index >= 15 is 0 Å². The molecule has 8 nitrogen and oxygen atoms in total. The number of anilines is 1. The second kappa shape index (κ2) is 8.50. The van der Waals surface area contributed by atoms with E-state index in [1.807, 2.05) is 0 Å². The number of halogens is 2. The number of methoxy groups -OCH3 is 1. The molecule has 2 rings (SSSR count). The first-order valence-corrected chi connectivity index (χ1v) is 7.82. The minimum Gasteiger partial charge on any atom is -0.495 e. The Morgan fingerprint density at radius 2 is 1.88 bits per heavy atom. The number of ether oxygens (including phenoxy) is 2. The summed E-state index contributed by atoms with van der Waals surface area (Å²) < 4.78 is 9.83. The molecule has 0 spiro atoms. The van der Waals surface area contributed by atoms with Crippen molar-refractivity contribution in [2.75, 3.05) is 19.0 Å². The Labute approximate surface area is 157 Å². The standard InChI is InChI=1S/C16H12Cl2N2O6/c1-25-14-5-2-9(6-13(14)18)19-15(21)8-26-16(22)11-7-10(20(23)24)3-4-12(11)17/h2-7H,8H2,1H3,(H,19,21). The highest BCUT2D eigenvalue weighted by atomic mass is 35.5. The number of nitrogens with one attached hydrogen (secondary N) is 1. The van der Waals surface area contributed by atoms with Crippen molar-refractivity contribution in [1.82, 2.24) is 0 Å². The molecule has 0 aliphatic heterocycles. The number of nitro benzene ring substituents is 1. The minimum absolute atomic E-state index is 0.0251. The lowest BCUT2D eigenvalue weighted by molar-refractivity contribution is -0.384. The summed E-state index contributed by atoms with van der Waals surface area (Å²) in [7, 11) is 1.46. The fraction of sp³-hybridized carbons (Fsp3) is 0.125. The van der Waals surface area contributed by atoms with Crippen molar-refractivity contribution >= 4 is 46.5 Å². The Morgan fingerprint density at radius 3 is 2.50 bits per heavy atom. The van der Waals surface area contributed by atoms with Crippen molar-refractivity contribution in [3.05, 3.63) is 62.1 Å². The van der Waals surface area contributed by atoms with Crippen LogP contribution in [0.1, 0.15) is 10.4 Å². The normalized spacial score (nSPS) is 10.1. The minimum atomic E-state index is -0.957. The topological polar surface area (TPSA) is 108 Å². The molecule has 1 amide bonds. The molecule has 0 atom stereocenters. The largest absolute Gasteiger partial charge is 0.495 e. The van der Waals surface area contributed by atoms with Crippen molar-refractivity contribution in [2.24, 2.45) is 0 Å². The van der Waals surface area contributed by atoms with Crippen LogP contribution in [0, 0.1) is 10.1 Å². The molecule has 0 unspecified atom stereocenters. The van der Waals surface area contributed by atoms with Gasteiger partial charge in [-0.25, -0.2) is 4.79 Å². The predicted molar refractivity (Wildman–Crippen MR) is 95.0 cm³/mol. The van der Waals surface area contributed by atoms with E-state index in [1.54, 1.807) is 12.1 Å². The monoisotopic (exact) mass is 398 g/mol. The second-order valence-corrected chi connectivity index (χ2v) is 5.71. The summed E-state index contributed by atoms with van der Waals surface area (Å²) in [5.41, 5.74) is -0.148. The number of hydrogen-bond acceptors (Lipinski definition) is 6. The summed E-state index contributed by atoms with van der Waals surface area (Å²) in [5.74, 6) is -1.14. The van der Waals surface area contributed by atoms with Crippen molar-refractivity contribution in [2.45, 2.75) is 0 Å². The Balaban J connectivity index is 1.99. The van der Waals surface area contributed by atoms with Gasteiger partial charge >= 0.3 is 5.97 Å². The zero-order valence-electron chi connectivity index (χ0n) is 13.3. The number of non-ortho nitro benzene ring substituents is 1. The maximum atomic E-state index is 12.0. The van der Waals surface area contributed by atoms with E-state index in [0.29, 0.717) is 16.5 Å². The predicted octanol–water partition coefficient (Wildman–Crippen LogP) is 3.71. The fourth-order valence-electron chi connectivity index (χ4n) is 1.93. The first-order chi connectivity index (χ1) is 12.3. The number of nitro groups is 1. The third-order valence-electron chi connectivity index (χ3n) is 3.15. The quantitative estimate of drug-likeness (QED) is 0.451. The van der Waals surface area contributed by atoms with Crippen LogP contribution in [0.2, 0.25) is 10.0 Å². The molecular formula is C16H12Cl2N2O6. The molecule has 0 heterocycles. The van der Waals surface area contributed by atoms with Crippen LogP contribution in [-0.4, -0.2) is 30.5 Å². The van der Waals surface area contributed by atoms with Gasteiger partial charge in [-0.2, -0.15) is 0 Å². The van der Waals surface area contributed by atoms with Gasteiger partial charge in [0.05, 0.1) is 27.6 Å². The van der Waals surface area contributed by atoms with Crippen LogP contribution in [0.15, 0.2) is 36.4 Å². The number of amides is 1. The Morgan fingerprint density at radius 1 is 1.15 bits per heavy atom. The van der Waals surface area contributed by atoms with Crippen LogP contribution < -0.4 is 10.1 Å². The molecule has 136 valence electrons. The molecule has 0 bridgehead atoms. The fourth-order valence-corrected chi connectivity index (χ4v) is 2.39. The van der Waals surface area contributed by atoms with Crippen LogP contribution in [0.3, 0.4) is 0 Å². The number of esters is 1. The summed E-state index contributed by atoms with van der Waals surface area (Å²) in [6, 6.07) is 7.92. The third-order valence-corrected chi connectivity index (χ3v) is 3.78. The molecule has 0 saturated heterocycles. The smallest absolute Gasteiger partial charge is 0.340 e. The molecule has 26 heavy (non-hydrogen) atoms. The lowest BCUT2D eigenvalue weighted by Crippen LogP contribution is -2.21. The molecule has 1 N–H and O–H groups in total. The highest BCUT2D eigenvalue weighted by Gasteiger charge is 2.18. The van der Waals surface area contributed by atoms with E-state index in [1.165, 1.54) is 19.2 Å².